The molecule has 64 valence electrons. The zero-order valence-corrected chi connectivity index (χ0v) is 8.60. The van der Waals surface area contributed by atoms with Gasteiger partial charge in [0.25, 0.3) is 0 Å². The Morgan fingerprint density at radius 1 is 1.50 bits per heavy atom. The van der Waals surface area contributed by atoms with Crippen LogP contribution in [0.1, 0.15) is 22.8 Å². The first-order valence-corrected chi connectivity index (χ1v) is 5.02. The van der Waals surface area contributed by atoms with Gasteiger partial charge in [-0.1, -0.05) is 34.1 Å². The minimum Gasteiger partial charge on any atom is -0.295 e. The standard InChI is InChI=1S/C10H11BrO/c1-8(12)10-4-2-3-9(7-10)5-6-11/h2-4,7H,5-6H2,1H3. The molecule has 0 saturated carbocycles. The SMILES string of the molecule is CC(=O)c1cccc(CCBr)c1. The van der Waals surface area contributed by atoms with E-state index in [1.165, 1.54) is 5.56 Å². The molecular weight excluding hydrogens is 216 g/mol. The summed E-state index contributed by atoms with van der Waals surface area (Å²) in [6.45, 7) is 1.59. The van der Waals surface area contributed by atoms with Crippen molar-refractivity contribution in [3.05, 3.63) is 35.4 Å². The second kappa shape index (κ2) is 4.41. The van der Waals surface area contributed by atoms with Crippen LogP contribution < -0.4 is 0 Å². The predicted octanol–water partition coefficient (Wildman–Crippen LogP) is 2.83. The number of ketones is 1. The maximum Gasteiger partial charge on any atom is 0.159 e. The molecule has 0 N–H and O–H groups in total. The lowest BCUT2D eigenvalue weighted by atomic mass is 10.1. The van der Waals surface area contributed by atoms with Gasteiger partial charge in [0.1, 0.15) is 0 Å². The molecular formula is C10H11BrO. The third-order valence-electron chi connectivity index (χ3n) is 1.72. The van der Waals surface area contributed by atoms with Gasteiger partial charge in [-0.3, -0.25) is 4.79 Å². The predicted molar refractivity (Wildman–Crippen MR) is 53.9 cm³/mol. The monoisotopic (exact) mass is 226 g/mol. The topological polar surface area (TPSA) is 17.1 Å². The van der Waals surface area contributed by atoms with Crippen LogP contribution in [0.15, 0.2) is 24.3 Å². The van der Waals surface area contributed by atoms with Crippen molar-refractivity contribution in [1.29, 1.82) is 0 Å². The molecule has 0 aliphatic heterocycles. The van der Waals surface area contributed by atoms with Crippen LogP contribution in [0.25, 0.3) is 0 Å². The molecule has 0 amide bonds. The minimum atomic E-state index is 0.131. The molecule has 0 unspecified atom stereocenters. The third kappa shape index (κ3) is 2.45. The van der Waals surface area contributed by atoms with Crippen LogP contribution in [0.5, 0.6) is 0 Å². The van der Waals surface area contributed by atoms with Gasteiger partial charge in [-0.05, 0) is 25.0 Å². The number of rotatable bonds is 3. The lowest BCUT2D eigenvalue weighted by Crippen LogP contribution is -1.94. The van der Waals surface area contributed by atoms with Crippen molar-refractivity contribution >= 4 is 21.7 Å². The van der Waals surface area contributed by atoms with Crippen LogP contribution in [-0.2, 0) is 6.42 Å². The van der Waals surface area contributed by atoms with Crippen LogP contribution in [0.4, 0.5) is 0 Å². The molecule has 12 heavy (non-hydrogen) atoms. The number of hydrogen-bond acceptors (Lipinski definition) is 1. The lowest BCUT2D eigenvalue weighted by molar-refractivity contribution is 0.101. The van der Waals surface area contributed by atoms with Crippen molar-refractivity contribution < 1.29 is 4.79 Å². The molecule has 1 rings (SSSR count). The Labute approximate surface area is 80.9 Å². The maximum absolute atomic E-state index is 11.0. The van der Waals surface area contributed by atoms with E-state index < -0.39 is 0 Å². The van der Waals surface area contributed by atoms with E-state index in [1.54, 1.807) is 6.92 Å². The molecule has 0 saturated heterocycles. The second-order valence-electron chi connectivity index (χ2n) is 2.70. The Balaban J connectivity index is 2.88. The first-order valence-electron chi connectivity index (χ1n) is 3.90. The van der Waals surface area contributed by atoms with Gasteiger partial charge < -0.3 is 0 Å². The van der Waals surface area contributed by atoms with E-state index in [9.17, 15) is 4.79 Å². The van der Waals surface area contributed by atoms with Crippen LogP contribution in [0.2, 0.25) is 0 Å². The summed E-state index contributed by atoms with van der Waals surface area (Å²) >= 11 is 3.36. The molecule has 1 nitrogen and oxygen atoms in total. The van der Waals surface area contributed by atoms with Crippen LogP contribution in [0.3, 0.4) is 0 Å². The number of carbonyl (C=O) groups is 1. The molecule has 1 aromatic carbocycles. The fraction of sp³-hybridized carbons (Fsp3) is 0.300. The average Bonchev–Trinajstić information content (AvgIpc) is 2.05. The summed E-state index contributed by atoms with van der Waals surface area (Å²) in [5, 5.41) is 0.939. The smallest absolute Gasteiger partial charge is 0.159 e. The zero-order chi connectivity index (χ0) is 8.97. The van der Waals surface area contributed by atoms with E-state index in [-0.39, 0.29) is 5.78 Å². The zero-order valence-electron chi connectivity index (χ0n) is 7.01. The van der Waals surface area contributed by atoms with E-state index in [0.29, 0.717) is 0 Å². The first-order chi connectivity index (χ1) is 5.74. The van der Waals surface area contributed by atoms with E-state index in [2.05, 4.69) is 15.9 Å². The number of benzene rings is 1. The molecule has 0 aromatic heterocycles. The highest BCUT2D eigenvalue weighted by Crippen LogP contribution is 2.07. The summed E-state index contributed by atoms with van der Waals surface area (Å²) in [6, 6.07) is 7.76. The van der Waals surface area contributed by atoms with E-state index in [4.69, 9.17) is 0 Å². The van der Waals surface area contributed by atoms with E-state index >= 15 is 0 Å². The highest BCUT2D eigenvalue weighted by atomic mass is 79.9. The highest BCUT2D eigenvalue weighted by molar-refractivity contribution is 9.09. The average molecular weight is 227 g/mol. The highest BCUT2D eigenvalue weighted by Gasteiger charge is 1.98. The summed E-state index contributed by atoms with van der Waals surface area (Å²) < 4.78 is 0. The normalized spacial score (nSPS) is 9.83. The van der Waals surface area contributed by atoms with Crippen molar-refractivity contribution in [3.63, 3.8) is 0 Å². The second-order valence-corrected chi connectivity index (χ2v) is 3.49. The number of Topliss-reactive ketones (excluding diaryl/α,β-unsaturated/α-hetero) is 1. The van der Waals surface area contributed by atoms with Gasteiger partial charge in [0.15, 0.2) is 5.78 Å². The van der Waals surface area contributed by atoms with E-state index in [1.807, 2.05) is 24.3 Å². The quantitative estimate of drug-likeness (QED) is 0.573. The molecule has 0 heterocycles. The third-order valence-corrected chi connectivity index (χ3v) is 2.11. The van der Waals surface area contributed by atoms with Crippen molar-refractivity contribution in [3.8, 4) is 0 Å². The van der Waals surface area contributed by atoms with Crippen molar-refractivity contribution in [2.24, 2.45) is 0 Å². The van der Waals surface area contributed by atoms with Crippen molar-refractivity contribution in [1.82, 2.24) is 0 Å². The molecule has 0 atom stereocenters. The molecule has 0 aliphatic carbocycles. The van der Waals surface area contributed by atoms with Gasteiger partial charge in [-0.15, -0.1) is 0 Å². The van der Waals surface area contributed by atoms with Gasteiger partial charge in [-0.25, -0.2) is 0 Å². The summed E-state index contributed by atoms with van der Waals surface area (Å²) in [5.41, 5.74) is 2.01. The number of aryl methyl sites for hydroxylation is 1. The Morgan fingerprint density at radius 3 is 2.83 bits per heavy atom. The lowest BCUT2D eigenvalue weighted by Gasteiger charge is -1.99. The minimum absolute atomic E-state index is 0.131. The Morgan fingerprint density at radius 2 is 2.25 bits per heavy atom. The van der Waals surface area contributed by atoms with Crippen molar-refractivity contribution in [2.45, 2.75) is 13.3 Å². The Hall–Kier alpha value is -0.630. The largest absolute Gasteiger partial charge is 0.295 e. The maximum atomic E-state index is 11.0. The molecule has 0 bridgehead atoms. The molecule has 0 radical (unpaired) electrons. The van der Waals surface area contributed by atoms with Gasteiger partial charge in [0.2, 0.25) is 0 Å². The fourth-order valence-electron chi connectivity index (χ4n) is 1.05. The summed E-state index contributed by atoms with van der Waals surface area (Å²) in [5.74, 6) is 0.131. The van der Waals surface area contributed by atoms with Gasteiger partial charge in [0.05, 0.1) is 0 Å². The summed E-state index contributed by atoms with van der Waals surface area (Å²) in [4.78, 5) is 11.0. The molecule has 0 spiro atoms. The molecule has 0 aliphatic rings. The van der Waals surface area contributed by atoms with Gasteiger partial charge >= 0.3 is 0 Å². The number of alkyl halides is 1. The number of hydrogen-bond donors (Lipinski definition) is 0. The van der Waals surface area contributed by atoms with Crippen molar-refractivity contribution in [2.75, 3.05) is 5.33 Å². The van der Waals surface area contributed by atoms with Crippen LogP contribution >= 0.6 is 15.9 Å². The Bertz CT molecular complexity index is 281. The van der Waals surface area contributed by atoms with Gasteiger partial charge in [0, 0.05) is 10.9 Å². The summed E-state index contributed by atoms with van der Waals surface area (Å²) in [6.07, 6.45) is 0.973. The fourth-order valence-corrected chi connectivity index (χ4v) is 1.51. The molecule has 1 aromatic rings. The Kier molecular flexibility index (Phi) is 3.48. The first kappa shape index (κ1) is 9.46. The summed E-state index contributed by atoms with van der Waals surface area (Å²) in [7, 11) is 0. The molecule has 0 fully saturated rings. The van der Waals surface area contributed by atoms with Crippen LogP contribution in [0, 0.1) is 0 Å². The number of carbonyl (C=O) groups excluding carboxylic acids is 1. The van der Waals surface area contributed by atoms with Gasteiger partial charge in [-0.2, -0.15) is 0 Å². The number of halogens is 1. The van der Waals surface area contributed by atoms with E-state index in [0.717, 1.165) is 17.3 Å². The van der Waals surface area contributed by atoms with Crippen LogP contribution in [-0.4, -0.2) is 11.1 Å². The molecule has 2 heteroatoms.